The molecule has 1 aromatic carbocycles. The van der Waals surface area contributed by atoms with Gasteiger partial charge in [-0.05, 0) is 37.7 Å². The molecular weight excluding hydrogens is 300 g/mol. The van der Waals surface area contributed by atoms with Crippen molar-refractivity contribution in [3.63, 3.8) is 0 Å². The highest BCUT2D eigenvalue weighted by atomic mass is 16.2. The quantitative estimate of drug-likeness (QED) is 0.869. The smallest absolute Gasteiger partial charge is 0.233 e. The number of carbonyl (C=O) groups excluding carboxylic acids is 1. The molecule has 0 N–H and O–H groups in total. The third kappa shape index (κ3) is 2.18. The van der Waals surface area contributed by atoms with E-state index >= 15 is 0 Å². The maximum absolute atomic E-state index is 13.2. The van der Waals surface area contributed by atoms with Crippen LogP contribution in [-0.4, -0.2) is 38.7 Å². The highest BCUT2D eigenvalue weighted by Gasteiger charge is 2.53. The molecule has 5 nitrogen and oxygen atoms in total. The molecule has 24 heavy (non-hydrogen) atoms. The Morgan fingerprint density at radius 1 is 1.12 bits per heavy atom. The first-order valence-corrected chi connectivity index (χ1v) is 9.02. The van der Waals surface area contributed by atoms with Crippen molar-refractivity contribution in [1.29, 1.82) is 0 Å². The average molecular weight is 322 g/mol. The zero-order valence-corrected chi connectivity index (χ0v) is 13.8. The van der Waals surface area contributed by atoms with Crippen LogP contribution in [0.2, 0.25) is 0 Å². The Balaban J connectivity index is 1.34. The second-order valence-corrected chi connectivity index (χ2v) is 7.51. The van der Waals surface area contributed by atoms with Crippen LogP contribution in [0.25, 0.3) is 0 Å². The van der Waals surface area contributed by atoms with E-state index in [9.17, 15) is 4.79 Å². The molecule has 2 aliphatic carbocycles. The molecule has 2 saturated carbocycles. The number of rotatable bonds is 4. The standard InChI is InChI=1S/C19H22N4O/c24-18(19(9-10-19)15-4-2-1-3-5-15)22-11-8-16(12-22)23-13-20-21-17(23)14-6-7-14/h1-5,13-14,16H,6-12H2. The van der Waals surface area contributed by atoms with Crippen LogP contribution in [0.5, 0.6) is 0 Å². The molecule has 1 unspecified atom stereocenters. The number of amides is 1. The molecule has 1 atom stereocenters. The van der Waals surface area contributed by atoms with Crippen LogP contribution in [-0.2, 0) is 10.2 Å². The summed E-state index contributed by atoms with van der Waals surface area (Å²) in [4.78, 5) is 15.2. The van der Waals surface area contributed by atoms with Gasteiger partial charge >= 0.3 is 0 Å². The lowest BCUT2D eigenvalue weighted by Crippen LogP contribution is -2.38. The lowest BCUT2D eigenvalue weighted by molar-refractivity contribution is -0.133. The minimum atomic E-state index is -0.247. The third-order valence-electron chi connectivity index (χ3n) is 5.87. The Kier molecular flexibility index (Phi) is 3.05. The Bertz CT molecular complexity index is 761. The van der Waals surface area contributed by atoms with Crippen molar-refractivity contribution in [3.8, 4) is 0 Å². The second-order valence-electron chi connectivity index (χ2n) is 7.51. The van der Waals surface area contributed by atoms with Crippen LogP contribution in [0.15, 0.2) is 36.7 Å². The molecule has 5 rings (SSSR count). The van der Waals surface area contributed by atoms with E-state index in [1.54, 1.807) is 0 Å². The highest BCUT2D eigenvalue weighted by Crippen LogP contribution is 2.50. The summed E-state index contributed by atoms with van der Waals surface area (Å²) >= 11 is 0. The van der Waals surface area contributed by atoms with Gasteiger partial charge in [0.1, 0.15) is 12.2 Å². The fraction of sp³-hybridized carbons (Fsp3) is 0.526. The molecule has 124 valence electrons. The van der Waals surface area contributed by atoms with E-state index < -0.39 is 0 Å². The van der Waals surface area contributed by atoms with Crippen LogP contribution >= 0.6 is 0 Å². The molecule has 0 radical (unpaired) electrons. The molecule has 0 spiro atoms. The van der Waals surface area contributed by atoms with Crippen molar-refractivity contribution in [2.75, 3.05) is 13.1 Å². The van der Waals surface area contributed by atoms with Crippen LogP contribution in [0.4, 0.5) is 0 Å². The lowest BCUT2D eigenvalue weighted by atomic mass is 9.94. The molecule has 1 amide bonds. The largest absolute Gasteiger partial charge is 0.340 e. The topological polar surface area (TPSA) is 51.0 Å². The van der Waals surface area contributed by atoms with E-state index in [0.29, 0.717) is 17.9 Å². The van der Waals surface area contributed by atoms with Crippen LogP contribution in [0.1, 0.15) is 55.5 Å². The van der Waals surface area contributed by atoms with Gasteiger partial charge in [-0.2, -0.15) is 0 Å². The van der Waals surface area contributed by atoms with Gasteiger partial charge in [-0.3, -0.25) is 4.79 Å². The summed E-state index contributed by atoms with van der Waals surface area (Å²) in [5.74, 6) is 2.03. The SMILES string of the molecule is O=C(N1CCC(n2cnnc2C2CC2)C1)C1(c2ccccc2)CC1. The number of carbonyl (C=O) groups is 1. The Morgan fingerprint density at radius 2 is 1.92 bits per heavy atom. The fourth-order valence-corrected chi connectivity index (χ4v) is 4.13. The molecule has 5 heteroatoms. The van der Waals surface area contributed by atoms with Gasteiger partial charge in [-0.1, -0.05) is 30.3 Å². The zero-order valence-electron chi connectivity index (χ0n) is 13.8. The fourth-order valence-electron chi connectivity index (χ4n) is 4.13. The zero-order chi connectivity index (χ0) is 16.1. The van der Waals surface area contributed by atoms with Gasteiger partial charge in [0.15, 0.2) is 0 Å². The van der Waals surface area contributed by atoms with Crippen LogP contribution in [0, 0.1) is 0 Å². The summed E-state index contributed by atoms with van der Waals surface area (Å²) in [6.07, 6.45) is 7.29. The van der Waals surface area contributed by atoms with Crippen molar-refractivity contribution in [3.05, 3.63) is 48.0 Å². The highest BCUT2D eigenvalue weighted by molar-refractivity contribution is 5.91. The predicted octanol–water partition coefficient (Wildman–Crippen LogP) is 2.66. The van der Waals surface area contributed by atoms with Crippen molar-refractivity contribution in [1.82, 2.24) is 19.7 Å². The van der Waals surface area contributed by atoms with Crippen LogP contribution in [0.3, 0.4) is 0 Å². The summed E-state index contributed by atoms with van der Waals surface area (Å²) in [5.41, 5.74) is 0.935. The van der Waals surface area contributed by atoms with Gasteiger partial charge in [-0.25, -0.2) is 0 Å². The number of hydrogen-bond acceptors (Lipinski definition) is 3. The summed E-state index contributed by atoms with van der Waals surface area (Å²) in [7, 11) is 0. The third-order valence-corrected chi connectivity index (χ3v) is 5.87. The molecule has 2 heterocycles. The summed E-state index contributed by atoms with van der Waals surface area (Å²) in [6.45, 7) is 1.64. The first-order valence-electron chi connectivity index (χ1n) is 9.02. The lowest BCUT2D eigenvalue weighted by Gasteiger charge is -2.24. The first kappa shape index (κ1) is 14.2. The number of hydrogen-bond donors (Lipinski definition) is 0. The van der Waals surface area contributed by atoms with Crippen molar-refractivity contribution in [2.24, 2.45) is 0 Å². The maximum atomic E-state index is 13.2. The Morgan fingerprint density at radius 3 is 2.62 bits per heavy atom. The number of benzene rings is 1. The van der Waals surface area contributed by atoms with Crippen molar-refractivity contribution >= 4 is 5.91 Å². The van der Waals surface area contributed by atoms with E-state index in [1.807, 2.05) is 24.5 Å². The van der Waals surface area contributed by atoms with Gasteiger partial charge in [0.25, 0.3) is 0 Å². The average Bonchev–Trinajstić information content (AvgIpc) is 3.53. The Labute approximate surface area is 141 Å². The molecular formula is C19H22N4O. The first-order chi connectivity index (χ1) is 11.8. The molecule has 1 saturated heterocycles. The summed E-state index contributed by atoms with van der Waals surface area (Å²) in [5, 5.41) is 8.43. The molecule has 1 aromatic heterocycles. The predicted molar refractivity (Wildman–Crippen MR) is 89.6 cm³/mol. The summed E-state index contributed by atoms with van der Waals surface area (Å²) < 4.78 is 2.23. The molecule has 0 bridgehead atoms. The maximum Gasteiger partial charge on any atom is 0.233 e. The minimum Gasteiger partial charge on any atom is -0.340 e. The normalized spacial score (nSPS) is 25.0. The monoisotopic (exact) mass is 322 g/mol. The van der Waals surface area contributed by atoms with E-state index in [0.717, 1.165) is 38.2 Å². The molecule has 2 aromatic rings. The second kappa shape index (κ2) is 5.16. The number of likely N-dealkylation sites (tertiary alicyclic amines) is 1. The van der Waals surface area contributed by atoms with Gasteiger partial charge in [0.2, 0.25) is 5.91 Å². The Hall–Kier alpha value is -2.17. The van der Waals surface area contributed by atoms with E-state index in [1.165, 1.54) is 18.4 Å². The van der Waals surface area contributed by atoms with Gasteiger partial charge in [0, 0.05) is 19.0 Å². The van der Waals surface area contributed by atoms with Gasteiger partial charge < -0.3 is 9.47 Å². The van der Waals surface area contributed by atoms with E-state index in [2.05, 4.69) is 31.8 Å². The van der Waals surface area contributed by atoms with E-state index in [-0.39, 0.29) is 5.41 Å². The van der Waals surface area contributed by atoms with Crippen LogP contribution < -0.4 is 0 Å². The van der Waals surface area contributed by atoms with Gasteiger partial charge in [0.05, 0.1) is 11.5 Å². The molecule has 3 aliphatic rings. The summed E-state index contributed by atoms with van der Waals surface area (Å²) in [6, 6.07) is 10.6. The van der Waals surface area contributed by atoms with Gasteiger partial charge in [-0.15, -0.1) is 10.2 Å². The van der Waals surface area contributed by atoms with E-state index in [4.69, 9.17) is 0 Å². The number of aromatic nitrogens is 3. The molecule has 3 fully saturated rings. The van der Waals surface area contributed by atoms with Crippen molar-refractivity contribution in [2.45, 2.75) is 49.5 Å². The molecule has 1 aliphatic heterocycles. The number of nitrogens with zero attached hydrogens (tertiary/aromatic N) is 4. The van der Waals surface area contributed by atoms with Crippen molar-refractivity contribution < 1.29 is 4.79 Å². The minimum absolute atomic E-state index is 0.247.